The van der Waals surface area contributed by atoms with E-state index in [0.717, 1.165) is 19.3 Å². The molecule has 0 N–H and O–H groups in total. The van der Waals surface area contributed by atoms with Gasteiger partial charge in [-0.3, -0.25) is 0 Å². The van der Waals surface area contributed by atoms with Gasteiger partial charge in [0.25, 0.3) is 0 Å². The van der Waals surface area contributed by atoms with Crippen LogP contribution in [0.5, 0.6) is 0 Å². The van der Waals surface area contributed by atoms with Crippen LogP contribution in [-0.2, 0) is 14.6 Å². The Balaban J connectivity index is 3.40. The zero-order valence-electron chi connectivity index (χ0n) is 7.63. The molecule has 0 rings (SSSR count). The quantitative estimate of drug-likeness (QED) is 0.349. The van der Waals surface area contributed by atoms with Gasteiger partial charge in [-0.25, -0.2) is 9.90 Å². The summed E-state index contributed by atoms with van der Waals surface area (Å²) in [7, 11) is 0. The van der Waals surface area contributed by atoms with E-state index in [1.54, 1.807) is 0 Å². The third-order valence-corrected chi connectivity index (χ3v) is 1.45. The largest absolute Gasteiger partial charge is 0.501 e. The van der Waals surface area contributed by atoms with Gasteiger partial charge in [0.1, 0.15) is 0 Å². The molecule has 0 amide bonds. The highest BCUT2D eigenvalue weighted by Crippen LogP contribution is 1.97. The van der Waals surface area contributed by atoms with E-state index in [-0.39, 0.29) is 5.57 Å². The van der Waals surface area contributed by atoms with Crippen LogP contribution in [0.3, 0.4) is 0 Å². The molecule has 3 heteroatoms. The second-order valence-corrected chi connectivity index (χ2v) is 2.67. The van der Waals surface area contributed by atoms with Crippen LogP contribution in [0.4, 0.5) is 0 Å². The zero-order chi connectivity index (χ0) is 9.40. The Hall–Kier alpha value is -0.990. The van der Waals surface area contributed by atoms with E-state index in [0.29, 0.717) is 6.61 Å². The van der Waals surface area contributed by atoms with Crippen LogP contribution in [0.1, 0.15) is 33.1 Å². The maximum Gasteiger partial charge on any atom is 0.385 e. The lowest BCUT2D eigenvalue weighted by Gasteiger charge is -1.99. The minimum absolute atomic E-state index is 0.131. The van der Waals surface area contributed by atoms with Crippen molar-refractivity contribution in [1.82, 2.24) is 0 Å². The summed E-state index contributed by atoms with van der Waals surface area (Å²) < 4.78 is 4.98. The lowest BCUT2D eigenvalue weighted by molar-refractivity contribution is -0.138. The van der Waals surface area contributed by atoms with Crippen molar-refractivity contribution in [2.45, 2.75) is 33.1 Å². The molecule has 0 heterocycles. The molecule has 1 radical (unpaired) electrons. The van der Waals surface area contributed by atoms with Crippen LogP contribution >= 0.6 is 0 Å². The van der Waals surface area contributed by atoms with E-state index in [2.05, 4.69) is 6.92 Å². The number of carbonyl (C=O) groups excluding carboxylic acids is 1. The summed E-state index contributed by atoms with van der Waals surface area (Å²) in [5, 5.41) is 10.2. The maximum atomic E-state index is 10.2. The number of carbonyl (C=O) groups is 1. The molecule has 0 aromatic rings. The molecule has 0 spiro atoms. The Labute approximate surface area is 73.0 Å². The van der Waals surface area contributed by atoms with Gasteiger partial charge in [-0.1, -0.05) is 19.8 Å². The molecule has 0 atom stereocenters. The van der Waals surface area contributed by atoms with Gasteiger partial charge in [0.15, 0.2) is 0 Å². The lowest BCUT2D eigenvalue weighted by atomic mass is 10.3. The predicted octanol–water partition coefficient (Wildman–Crippen LogP) is 2.05. The van der Waals surface area contributed by atoms with Crippen molar-refractivity contribution in [1.29, 1.82) is 0 Å². The van der Waals surface area contributed by atoms with Crippen molar-refractivity contribution in [2.24, 2.45) is 0 Å². The fraction of sp³-hybridized carbons (Fsp3) is 0.667. The van der Waals surface area contributed by atoms with Crippen molar-refractivity contribution < 1.29 is 14.6 Å². The highest BCUT2D eigenvalue weighted by atomic mass is 16.5. The van der Waals surface area contributed by atoms with Crippen molar-refractivity contribution in [3.8, 4) is 0 Å². The van der Waals surface area contributed by atoms with Gasteiger partial charge in [-0.05, 0) is 13.3 Å². The molecule has 0 fully saturated rings. The Morgan fingerprint density at radius 3 is 2.58 bits per heavy atom. The molecule has 12 heavy (non-hydrogen) atoms. The molecule has 0 aromatic heterocycles. The second-order valence-electron chi connectivity index (χ2n) is 2.67. The number of hydrogen-bond acceptors (Lipinski definition) is 2. The lowest BCUT2D eigenvalue weighted by Crippen LogP contribution is -1.96. The van der Waals surface area contributed by atoms with Crippen molar-refractivity contribution in [3.05, 3.63) is 11.8 Å². The predicted molar refractivity (Wildman–Crippen MR) is 44.9 cm³/mol. The van der Waals surface area contributed by atoms with Crippen LogP contribution < -0.4 is 0 Å². The fourth-order valence-electron chi connectivity index (χ4n) is 0.667. The Kier molecular flexibility index (Phi) is 6.15. The molecule has 69 valence electrons. The smallest absolute Gasteiger partial charge is 0.385 e. The molecule has 0 saturated carbocycles. The standard InChI is InChI=1S/C9H15O3/c1-3-4-5-6-12-7-8(2)9(10)11/h7H,3-6H2,1-2H3. The van der Waals surface area contributed by atoms with Crippen LogP contribution in [-0.4, -0.2) is 12.6 Å². The SMILES string of the molecule is CCCCCOC=C(C)C([O])=O. The molecular weight excluding hydrogens is 156 g/mol. The van der Waals surface area contributed by atoms with Gasteiger partial charge in [-0.2, -0.15) is 0 Å². The highest BCUT2D eigenvalue weighted by Gasteiger charge is 2.01. The molecule has 0 saturated heterocycles. The number of rotatable bonds is 6. The summed E-state index contributed by atoms with van der Waals surface area (Å²) in [6.07, 6.45) is 4.45. The first-order valence-corrected chi connectivity index (χ1v) is 4.18. The monoisotopic (exact) mass is 171 g/mol. The fourth-order valence-corrected chi connectivity index (χ4v) is 0.667. The molecular formula is C9H15O3. The molecule has 0 bridgehead atoms. The summed E-state index contributed by atoms with van der Waals surface area (Å²) in [5.41, 5.74) is 0.131. The van der Waals surface area contributed by atoms with E-state index in [1.165, 1.54) is 13.2 Å². The zero-order valence-corrected chi connectivity index (χ0v) is 7.63. The number of ether oxygens (including phenoxy) is 1. The Morgan fingerprint density at radius 1 is 1.42 bits per heavy atom. The summed E-state index contributed by atoms with van der Waals surface area (Å²) >= 11 is 0. The number of hydrogen-bond donors (Lipinski definition) is 0. The first-order valence-electron chi connectivity index (χ1n) is 4.18. The molecule has 0 aliphatic rings. The molecule has 0 aliphatic heterocycles. The number of unbranched alkanes of at least 4 members (excludes halogenated alkanes) is 2. The van der Waals surface area contributed by atoms with Crippen LogP contribution in [0.2, 0.25) is 0 Å². The van der Waals surface area contributed by atoms with Crippen molar-refractivity contribution in [2.75, 3.05) is 6.61 Å². The van der Waals surface area contributed by atoms with Gasteiger partial charge in [0.2, 0.25) is 0 Å². The first-order chi connectivity index (χ1) is 5.68. The Morgan fingerprint density at radius 2 is 2.08 bits per heavy atom. The van der Waals surface area contributed by atoms with Crippen LogP contribution in [0.15, 0.2) is 11.8 Å². The van der Waals surface area contributed by atoms with Crippen molar-refractivity contribution >= 4 is 5.97 Å². The van der Waals surface area contributed by atoms with Gasteiger partial charge in [0, 0.05) is 0 Å². The average Bonchev–Trinajstić information content (AvgIpc) is 2.03. The summed E-state index contributed by atoms with van der Waals surface area (Å²) in [4.78, 5) is 10.2. The molecule has 0 aromatic carbocycles. The third kappa shape index (κ3) is 5.77. The van der Waals surface area contributed by atoms with Gasteiger partial charge in [0.05, 0.1) is 18.4 Å². The summed E-state index contributed by atoms with van der Waals surface area (Å²) in [6.45, 7) is 4.13. The normalized spacial score (nSPS) is 11.3. The topological polar surface area (TPSA) is 46.2 Å². The van der Waals surface area contributed by atoms with Crippen LogP contribution in [0, 0.1) is 0 Å². The van der Waals surface area contributed by atoms with Crippen LogP contribution in [0.25, 0.3) is 0 Å². The first kappa shape index (κ1) is 11.0. The third-order valence-electron chi connectivity index (χ3n) is 1.45. The minimum atomic E-state index is -1.18. The van der Waals surface area contributed by atoms with E-state index < -0.39 is 5.97 Å². The summed E-state index contributed by atoms with van der Waals surface area (Å²) in [6, 6.07) is 0. The van der Waals surface area contributed by atoms with E-state index >= 15 is 0 Å². The summed E-state index contributed by atoms with van der Waals surface area (Å²) in [5.74, 6) is -1.18. The minimum Gasteiger partial charge on any atom is -0.501 e. The average molecular weight is 171 g/mol. The highest BCUT2D eigenvalue weighted by molar-refractivity contribution is 5.85. The Bertz CT molecular complexity index is 161. The van der Waals surface area contributed by atoms with E-state index in [1.807, 2.05) is 0 Å². The second kappa shape index (κ2) is 6.70. The van der Waals surface area contributed by atoms with Crippen molar-refractivity contribution in [3.63, 3.8) is 0 Å². The molecule has 0 aliphatic carbocycles. The van der Waals surface area contributed by atoms with E-state index in [4.69, 9.17) is 4.74 Å². The van der Waals surface area contributed by atoms with Gasteiger partial charge >= 0.3 is 5.97 Å². The van der Waals surface area contributed by atoms with Gasteiger partial charge in [-0.15, -0.1) is 0 Å². The maximum absolute atomic E-state index is 10.2. The molecule has 3 nitrogen and oxygen atoms in total. The van der Waals surface area contributed by atoms with E-state index in [9.17, 15) is 9.90 Å². The van der Waals surface area contributed by atoms with Gasteiger partial charge < -0.3 is 4.74 Å². The molecule has 0 unspecified atom stereocenters.